The third-order valence-electron chi connectivity index (χ3n) is 2.81. The van der Waals surface area contributed by atoms with Gasteiger partial charge in [-0.15, -0.1) is 0 Å². The van der Waals surface area contributed by atoms with Crippen molar-refractivity contribution in [3.05, 3.63) is 35.9 Å². The summed E-state index contributed by atoms with van der Waals surface area (Å²) in [6.45, 7) is 3.32. The minimum atomic E-state index is -1.04. The molecule has 0 atom stereocenters. The highest BCUT2D eigenvalue weighted by molar-refractivity contribution is 5.91. The van der Waals surface area contributed by atoms with Crippen molar-refractivity contribution in [3.63, 3.8) is 0 Å². The van der Waals surface area contributed by atoms with E-state index in [9.17, 15) is 14.4 Å². The van der Waals surface area contributed by atoms with Gasteiger partial charge in [-0.05, 0) is 19.4 Å². The smallest absolute Gasteiger partial charge is 0.408 e. The number of hydrogen-bond donors (Lipinski definition) is 1. The van der Waals surface area contributed by atoms with Gasteiger partial charge in [0.05, 0.1) is 5.54 Å². The zero-order valence-corrected chi connectivity index (χ0v) is 11.7. The van der Waals surface area contributed by atoms with Crippen LogP contribution in [0.3, 0.4) is 0 Å². The lowest BCUT2D eigenvalue weighted by Gasteiger charge is -2.24. The molecule has 0 aliphatic carbocycles. The normalized spacial score (nSPS) is 10.7. The summed E-state index contributed by atoms with van der Waals surface area (Å²) in [4.78, 5) is 33.7. The highest BCUT2D eigenvalue weighted by Gasteiger charge is 2.29. The number of nitrogens with one attached hydrogen (secondary N) is 1. The summed E-state index contributed by atoms with van der Waals surface area (Å²) in [6.07, 6.45) is 0.290. The molecule has 1 aromatic carbocycles. The maximum absolute atomic E-state index is 11.8. The zero-order valence-electron chi connectivity index (χ0n) is 11.7. The van der Waals surface area contributed by atoms with E-state index in [1.807, 2.05) is 30.3 Å². The Bertz CT molecular complexity index is 468. The van der Waals surface area contributed by atoms with Crippen LogP contribution in [0, 0.1) is 0 Å². The lowest BCUT2D eigenvalue weighted by atomic mass is 9.96. The van der Waals surface area contributed by atoms with Crippen LogP contribution in [-0.4, -0.2) is 23.7 Å². The highest BCUT2D eigenvalue weighted by atomic mass is 16.5. The predicted octanol–water partition coefficient (Wildman–Crippen LogP) is 2.24. The summed E-state index contributed by atoms with van der Waals surface area (Å²) in [7, 11) is 0. The molecule has 1 aromatic rings. The van der Waals surface area contributed by atoms with E-state index >= 15 is 0 Å². The number of carbonyl (C=O) groups excluding carboxylic acids is 3. The summed E-state index contributed by atoms with van der Waals surface area (Å²) >= 11 is 0. The minimum Gasteiger partial charge on any atom is -0.445 e. The minimum absolute atomic E-state index is 0.107. The lowest BCUT2D eigenvalue weighted by molar-refractivity contribution is -0.125. The molecule has 5 heteroatoms. The van der Waals surface area contributed by atoms with E-state index in [1.165, 1.54) is 0 Å². The third-order valence-corrected chi connectivity index (χ3v) is 2.81. The Hall–Kier alpha value is -2.17. The SMILES string of the molecule is CC(C)(NC(=O)OCc1ccccc1)C(=O)CCC=O. The van der Waals surface area contributed by atoms with Crippen molar-refractivity contribution in [1.82, 2.24) is 5.32 Å². The number of alkyl carbamates (subject to hydrolysis) is 1. The van der Waals surface area contributed by atoms with Crippen molar-refractivity contribution < 1.29 is 19.1 Å². The first-order valence-corrected chi connectivity index (χ1v) is 6.41. The molecule has 0 spiro atoms. The van der Waals surface area contributed by atoms with Crippen LogP contribution in [0.15, 0.2) is 30.3 Å². The highest BCUT2D eigenvalue weighted by Crippen LogP contribution is 2.09. The van der Waals surface area contributed by atoms with Crippen molar-refractivity contribution in [2.24, 2.45) is 0 Å². The quantitative estimate of drug-likeness (QED) is 0.776. The molecule has 0 heterocycles. The standard InChI is InChI=1S/C15H19NO4/c1-15(2,13(18)9-6-10-17)16-14(19)20-11-12-7-4-3-5-8-12/h3-5,7-8,10H,6,9,11H2,1-2H3,(H,16,19). The van der Waals surface area contributed by atoms with E-state index in [1.54, 1.807) is 13.8 Å². The van der Waals surface area contributed by atoms with E-state index in [-0.39, 0.29) is 25.2 Å². The molecule has 0 radical (unpaired) electrons. The van der Waals surface area contributed by atoms with E-state index in [0.717, 1.165) is 5.56 Å². The first kappa shape index (κ1) is 15.9. The molecule has 1 rings (SSSR count). The van der Waals surface area contributed by atoms with Crippen molar-refractivity contribution >= 4 is 18.2 Å². The Kier molecular flexibility index (Phi) is 5.90. The summed E-state index contributed by atoms with van der Waals surface area (Å²) in [5.74, 6) is -0.207. The summed E-state index contributed by atoms with van der Waals surface area (Å²) in [5, 5.41) is 2.51. The number of amides is 1. The molecule has 1 N–H and O–H groups in total. The lowest BCUT2D eigenvalue weighted by Crippen LogP contribution is -2.49. The van der Waals surface area contributed by atoms with Gasteiger partial charge in [-0.3, -0.25) is 4.79 Å². The molecule has 108 valence electrons. The van der Waals surface area contributed by atoms with Gasteiger partial charge >= 0.3 is 6.09 Å². The van der Waals surface area contributed by atoms with Crippen LogP contribution in [0.25, 0.3) is 0 Å². The maximum Gasteiger partial charge on any atom is 0.408 e. The van der Waals surface area contributed by atoms with Gasteiger partial charge in [0.2, 0.25) is 0 Å². The number of Topliss-reactive ketones (excluding diaryl/α,β-unsaturated/α-hetero) is 1. The number of ether oxygens (including phenoxy) is 1. The van der Waals surface area contributed by atoms with Gasteiger partial charge in [0, 0.05) is 12.8 Å². The molecule has 0 saturated heterocycles. The second-order valence-electron chi connectivity index (χ2n) is 4.94. The second-order valence-corrected chi connectivity index (χ2v) is 4.94. The number of benzene rings is 1. The average molecular weight is 277 g/mol. The van der Waals surface area contributed by atoms with E-state index in [4.69, 9.17) is 4.74 Å². The number of ketones is 1. The van der Waals surface area contributed by atoms with Crippen LogP contribution >= 0.6 is 0 Å². The fraction of sp³-hybridized carbons (Fsp3) is 0.400. The van der Waals surface area contributed by atoms with Gasteiger partial charge in [-0.25, -0.2) is 4.79 Å². The Morgan fingerprint density at radius 1 is 1.25 bits per heavy atom. The number of aldehydes is 1. The van der Waals surface area contributed by atoms with Crippen LogP contribution in [0.2, 0.25) is 0 Å². The Morgan fingerprint density at radius 3 is 2.50 bits per heavy atom. The van der Waals surface area contributed by atoms with Gasteiger partial charge in [-0.1, -0.05) is 30.3 Å². The molecule has 1 amide bonds. The first-order chi connectivity index (χ1) is 9.45. The molecule has 0 aliphatic heterocycles. The van der Waals surface area contributed by atoms with E-state index in [0.29, 0.717) is 6.29 Å². The average Bonchev–Trinajstić information content (AvgIpc) is 2.43. The third kappa shape index (κ3) is 5.22. The van der Waals surface area contributed by atoms with Crippen molar-refractivity contribution in [1.29, 1.82) is 0 Å². The molecule has 0 fully saturated rings. The summed E-state index contributed by atoms with van der Waals surface area (Å²) in [6, 6.07) is 9.26. The van der Waals surface area contributed by atoms with Crippen LogP contribution in [0.4, 0.5) is 4.79 Å². The van der Waals surface area contributed by atoms with Crippen molar-refractivity contribution in [2.75, 3.05) is 0 Å². The molecular weight excluding hydrogens is 258 g/mol. The molecule has 0 aromatic heterocycles. The topological polar surface area (TPSA) is 72.5 Å². The number of carbonyl (C=O) groups is 3. The maximum atomic E-state index is 11.8. The molecule has 20 heavy (non-hydrogen) atoms. The largest absolute Gasteiger partial charge is 0.445 e. The van der Waals surface area contributed by atoms with Crippen LogP contribution < -0.4 is 5.32 Å². The molecule has 0 aliphatic rings. The fourth-order valence-electron chi connectivity index (χ4n) is 1.59. The van der Waals surface area contributed by atoms with Gasteiger partial charge in [0.15, 0.2) is 5.78 Å². The number of hydrogen-bond acceptors (Lipinski definition) is 4. The van der Waals surface area contributed by atoms with Gasteiger partial charge < -0.3 is 14.8 Å². The Balaban J connectivity index is 2.44. The van der Waals surface area contributed by atoms with Crippen LogP contribution in [-0.2, 0) is 20.9 Å². The van der Waals surface area contributed by atoms with E-state index in [2.05, 4.69) is 5.32 Å². The molecular formula is C15H19NO4. The second kappa shape index (κ2) is 7.43. The Morgan fingerprint density at radius 2 is 1.90 bits per heavy atom. The predicted molar refractivity (Wildman–Crippen MR) is 74.1 cm³/mol. The van der Waals surface area contributed by atoms with Gasteiger partial charge in [-0.2, -0.15) is 0 Å². The van der Waals surface area contributed by atoms with E-state index < -0.39 is 11.6 Å². The molecule has 0 saturated carbocycles. The Labute approximate surface area is 118 Å². The molecule has 0 bridgehead atoms. The summed E-state index contributed by atoms with van der Waals surface area (Å²) in [5.41, 5.74) is -0.177. The first-order valence-electron chi connectivity index (χ1n) is 6.41. The van der Waals surface area contributed by atoms with Gasteiger partial charge in [0.25, 0.3) is 0 Å². The summed E-state index contributed by atoms with van der Waals surface area (Å²) < 4.78 is 5.05. The fourth-order valence-corrected chi connectivity index (χ4v) is 1.59. The molecule has 5 nitrogen and oxygen atoms in total. The molecule has 0 unspecified atom stereocenters. The van der Waals surface area contributed by atoms with Crippen LogP contribution in [0.5, 0.6) is 0 Å². The number of rotatable bonds is 7. The monoisotopic (exact) mass is 277 g/mol. The van der Waals surface area contributed by atoms with Crippen molar-refractivity contribution in [2.45, 2.75) is 38.8 Å². The van der Waals surface area contributed by atoms with Gasteiger partial charge in [0.1, 0.15) is 12.9 Å². The van der Waals surface area contributed by atoms with Crippen LogP contribution in [0.1, 0.15) is 32.3 Å². The zero-order chi connectivity index (χ0) is 15.0. The van der Waals surface area contributed by atoms with Crippen molar-refractivity contribution in [3.8, 4) is 0 Å².